The van der Waals surface area contributed by atoms with E-state index in [-0.39, 0.29) is 34.4 Å². The molecule has 0 aliphatic carbocycles. The summed E-state index contributed by atoms with van der Waals surface area (Å²) in [7, 11) is 0. The molecule has 0 heterocycles. The average Bonchev–Trinajstić information content (AvgIpc) is 2.56. The van der Waals surface area contributed by atoms with Gasteiger partial charge in [0.1, 0.15) is 5.75 Å². The number of carbonyl (C=O) groups is 1. The molecular formula is C22H38BrNO2. The molecule has 1 aromatic rings. The van der Waals surface area contributed by atoms with Crippen molar-refractivity contribution in [2.24, 2.45) is 11.7 Å². The second-order valence-corrected chi connectivity index (χ2v) is 7.77. The molecule has 0 bridgehead atoms. The Kier molecular flexibility index (Phi) is 13.7. The minimum absolute atomic E-state index is 0. The molecular weight excluding hydrogens is 390 g/mol. The molecule has 1 aromatic carbocycles. The van der Waals surface area contributed by atoms with E-state index in [4.69, 9.17) is 10.5 Å². The van der Waals surface area contributed by atoms with E-state index in [2.05, 4.69) is 6.92 Å². The number of hydrogen-bond donors (Lipinski definition) is 1. The van der Waals surface area contributed by atoms with Crippen LogP contribution in [0.2, 0.25) is 0 Å². The molecule has 0 amide bonds. The number of nitrogens with two attached hydrogens (primary N) is 1. The molecule has 150 valence electrons. The normalized spacial score (nSPS) is 12.3. The van der Waals surface area contributed by atoms with Crippen LogP contribution in [0.15, 0.2) is 30.3 Å². The lowest BCUT2D eigenvalue weighted by Crippen LogP contribution is -2.42. The summed E-state index contributed by atoms with van der Waals surface area (Å²) in [4.78, 5) is 12.2. The summed E-state index contributed by atoms with van der Waals surface area (Å²) >= 11 is 0. The van der Waals surface area contributed by atoms with Crippen LogP contribution in [0.25, 0.3) is 0 Å². The largest absolute Gasteiger partial charge is 0.427 e. The van der Waals surface area contributed by atoms with Gasteiger partial charge in [-0.3, -0.25) is 4.79 Å². The predicted molar refractivity (Wildman–Crippen MR) is 116 cm³/mol. The van der Waals surface area contributed by atoms with Crippen molar-refractivity contribution in [3.05, 3.63) is 30.3 Å². The molecule has 0 saturated heterocycles. The highest BCUT2D eigenvalue weighted by Crippen LogP contribution is 2.25. The van der Waals surface area contributed by atoms with Gasteiger partial charge in [0, 0.05) is 5.54 Å². The van der Waals surface area contributed by atoms with Crippen LogP contribution in [0.5, 0.6) is 5.75 Å². The number of para-hydroxylation sites is 1. The standard InChI is InChI=1S/C22H37NO2.BrH/c1-4-5-6-7-8-9-10-12-15-19(22(2,3)23)18-21(24)25-20-16-13-11-14-17-20;/h11,13-14,16-17,19H,4-10,12,15,18,23H2,1-3H3;1H. The summed E-state index contributed by atoms with van der Waals surface area (Å²) in [6, 6.07) is 9.25. The minimum Gasteiger partial charge on any atom is -0.427 e. The lowest BCUT2D eigenvalue weighted by molar-refractivity contribution is -0.136. The third-order valence-electron chi connectivity index (χ3n) is 4.85. The van der Waals surface area contributed by atoms with Crippen molar-refractivity contribution in [2.75, 3.05) is 0 Å². The zero-order valence-corrected chi connectivity index (χ0v) is 18.6. The lowest BCUT2D eigenvalue weighted by atomic mass is 9.82. The highest BCUT2D eigenvalue weighted by Gasteiger charge is 2.27. The van der Waals surface area contributed by atoms with Gasteiger partial charge >= 0.3 is 5.97 Å². The molecule has 2 N–H and O–H groups in total. The molecule has 26 heavy (non-hydrogen) atoms. The fraction of sp³-hybridized carbons (Fsp3) is 0.682. The molecule has 0 aliphatic heterocycles. The number of hydrogen-bond acceptors (Lipinski definition) is 3. The molecule has 0 radical (unpaired) electrons. The molecule has 4 heteroatoms. The molecule has 0 aliphatic rings. The van der Waals surface area contributed by atoms with Gasteiger partial charge in [-0.2, -0.15) is 0 Å². The van der Waals surface area contributed by atoms with E-state index in [1.807, 2.05) is 32.0 Å². The number of carbonyl (C=O) groups excluding carboxylic acids is 1. The number of esters is 1. The van der Waals surface area contributed by atoms with Crippen LogP contribution in [-0.2, 0) is 4.79 Å². The van der Waals surface area contributed by atoms with Gasteiger partial charge in [-0.15, -0.1) is 17.0 Å². The Morgan fingerprint density at radius 2 is 1.54 bits per heavy atom. The van der Waals surface area contributed by atoms with Gasteiger partial charge < -0.3 is 10.5 Å². The van der Waals surface area contributed by atoms with E-state index in [0.717, 1.165) is 12.8 Å². The molecule has 1 rings (SSSR count). The van der Waals surface area contributed by atoms with Crippen LogP contribution in [0, 0.1) is 5.92 Å². The van der Waals surface area contributed by atoms with Crippen molar-refractivity contribution in [1.82, 2.24) is 0 Å². The summed E-state index contributed by atoms with van der Waals surface area (Å²) in [5.41, 5.74) is 5.95. The molecule has 1 unspecified atom stereocenters. The van der Waals surface area contributed by atoms with Gasteiger partial charge in [-0.05, 0) is 38.3 Å². The number of unbranched alkanes of at least 4 members (excludes halogenated alkanes) is 7. The summed E-state index contributed by atoms with van der Waals surface area (Å²) in [5.74, 6) is 0.575. The fourth-order valence-electron chi connectivity index (χ4n) is 3.12. The van der Waals surface area contributed by atoms with Crippen LogP contribution in [0.3, 0.4) is 0 Å². The van der Waals surface area contributed by atoms with Crippen LogP contribution >= 0.6 is 17.0 Å². The minimum atomic E-state index is -0.364. The summed E-state index contributed by atoms with van der Waals surface area (Å²) < 4.78 is 5.43. The second kappa shape index (κ2) is 14.2. The highest BCUT2D eigenvalue weighted by atomic mass is 79.9. The highest BCUT2D eigenvalue weighted by molar-refractivity contribution is 8.93. The van der Waals surface area contributed by atoms with Crippen molar-refractivity contribution in [3.63, 3.8) is 0 Å². The van der Waals surface area contributed by atoms with E-state index in [0.29, 0.717) is 12.2 Å². The Bertz CT molecular complexity index is 471. The number of rotatable bonds is 13. The first kappa shape index (κ1) is 25.1. The third-order valence-corrected chi connectivity index (χ3v) is 4.85. The maximum absolute atomic E-state index is 12.2. The zero-order chi connectivity index (χ0) is 18.5. The van der Waals surface area contributed by atoms with Crippen molar-refractivity contribution in [3.8, 4) is 5.75 Å². The molecule has 0 fully saturated rings. The number of halogens is 1. The Morgan fingerprint density at radius 3 is 2.08 bits per heavy atom. The van der Waals surface area contributed by atoms with E-state index in [1.54, 1.807) is 12.1 Å². The Balaban J connectivity index is 0.00000625. The van der Waals surface area contributed by atoms with Crippen molar-refractivity contribution in [2.45, 2.75) is 90.5 Å². The van der Waals surface area contributed by atoms with E-state index >= 15 is 0 Å². The van der Waals surface area contributed by atoms with Gasteiger partial charge in [0.25, 0.3) is 0 Å². The van der Waals surface area contributed by atoms with Crippen molar-refractivity contribution in [1.29, 1.82) is 0 Å². The first-order valence-corrected chi connectivity index (χ1v) is 9.98. The van der Waals surface area contributed by atoms with Crippen molar-refractivity contribution < 1.29 is 9.53 Å². The van der Waals surface area contributed by atoms with Crippen molar-refractivity contribution >= 4 is 23.0 Å². The van der Waals surface area contributed by atoms with Crippen LogP contribution in [0.4, 0.5) is 0 Å². The molecule has 1 atom stereocenters. The van der Waals surface area contributed by atoms with Gasteiger partial charge in [0.15, 0.2) is 0 Å². The second-order valence-electron chi connectivity index (χ2n) is 7.77. The average molecular weight is 428 g/mol. The van der Waals surface area contributed by atoms with Gasteiger partial charge in [-0.1, -0.05) is 76.5 Å². The monoisotopic (exact) mass is 427 g/mol. The maximum atomic E-state index is 12.2. The first-order valence-electron chi connectivity index (χ1n) is 9.98. The zero-order valence-electron chi connectivity index (χ0n) is 16.8. The summed E-state index contributed by atoms with van der Waals surface area (Å²) in [6.07, 6.45) is 11.7. The molecule has 0 aromatic heterocycles. The predicted octanol–water partition coefficient (Wildman–Crippen LogP) is 6.44. The lowest BCUT2D eigenvalue weighted by Gasteiger charge is -2.30. The third kappa shape index (κ3) is 11.7. The SMILES string of the molecule is Br.CCCCCCCCCCC(CC(=O)Oc1ccccc1)C(C)(C)N. The fourth-order valence-corrected chi connectivity index (χ4v) is 3.12. The topological polar surface area (TPSA) is 52.3 Å². The van der Waals surface area contributed by atoms with E-state index < -0.39 is 0 Å². The molecule has 0 saturated carbocycles. The van der Waals surface area contributed by atoms with Crippen LogP contribution in [0.1, 0.15) is 85.0 Å². The first-order chi connectivity index (χ1) is 11.9. The number of ether oxygens (including phenoxy) is 1. The van der Waals surface area contributed by atoms with E-state index in [1.165, 1.54) is 44.9 Å². The Labute approximate surface area is 170 Å². The quantitative estimate of drug-likeness (QED) is 0.223. The summed E-state index contributed by atoms with van der Waals surface area (Å²) in [5, 5.41) is 0. The summed E-state index contributed by atoms with van der Waals surface area (Å²) in [6.45, 7) is 6.27. The maximum Gasteiger partial charge on any atom is 0.311 e. The smallest absolute Gasteiger partial charge is 0.311 e. The van der Waals surface area contributed by atoms with Crippen LogP contribution in [-0.4, -0.2) is 11.5 Å². The van der Waals surface area contributed by atoms with Gasteiger partial charge in [-0.25, -0.2) is 0 Å². The molecule has 0 spiro atoms. The Morgan fingerprint density at radius 1 is 1.00 bits per heavy atom. The molecule has 3 nitrogen and oxygen atoms in total. The van der Waals surface area contributed by atoms with E-state index in [9.17, 15) is 4.79 Å². The van der Waals surface area contributed by atoms with Gasteiger partial charge in [0.05, 0.1) is 6.42 Å². The van der Waals surface area contributed by atoms with Crippen LogP contribution < -0.4 is 10.5 Å². The van der Waals surface area contributed by atoms with Gasteiger partial charge in [0.2, 0.25) is 0 Å². The Hall–Kier alpha value is -0.870. The number of benzene rings is 1.